The van der Waals surface area contributed by atoms with Crippen molar-refractivity contribution in [3.05, 3.63) is 58.3 Å². The highest BCUT2D eigenvalue weighted by molar-refractivity contribution is 7.09. The molecule has 2 heterocycles. The third kappa shape index (κ3) is 2.13. The molecule has 2 aromatic heterocycles. The van der Waals surface area contributed by atoms with Crippen molar-refractivity contribution in [1.29, 1.82) is 0 Å². The van der Waals surface area contributed by atoms with Gasteiger partial charge in [-0.1, -0.05) is 24.3 Å². The van der Waals surface area contributed by atoms with Gasteiger partial charge in [-0.15, -0.1) is 11.3 Å². The maximum atomic E-state index is 4.37. The molecule has 3 rings (SSSR count). The number of rotatable bonds is 3. The summed E-state index contributed by atoms with van der Waals surface area (Å²) >= 11 is 1.68. The molecule has 0 aliphatic heterocycles. The van der Waals surface area contributed by atoms with E-state index in [4.69, 9.17) is 0 Å². The highest BCUT2D eigenvalue weighted by atomic mass is 32.1. The van der Waals surface area contributed by atoms with Crippen LogP contribution in [0.25, 0.3) is 10.8 Å². The van der Waals surface area contributed by atoms with Gasteiger partial charge in [0.05, 0.1) is 17.2 Å². The highest BCUT2D eigenvalue weighted by Crippen LogP contribution is 2.31. The van der Waals surface area contributed by atoms with Crippen LogP contribution < -0.4 is 5.32 Å². The third-order valence-electron chi connectivity index (χ3n) is 3.34. The second kappa shape index (κ2) is 5.07. The first-order valence-corrected chi connectivity index (χ1v) is 7.09. The van der Waals surface area contributed by atoms with Gasteiger partial charge in [0.2, 0.25) is 0 Å². The van der Waals surface area contributed by atoms with E-state index in [0.717, 1.165) is 5.69 Å². The molecule has 0 fully saturated rings. The van der Waals surface area contributed by atoms with Gasteiger partial charge in [-0.2, -0.15) is 0 Å². The fraction of sp³-hybridized carbons (Fsp3) is 0.200. The number of aromatic nitrogens is 2. The van der Waals surface area contributed by atoms with Crippen LogP contribution in [-0.2, 0) is 0 Å². The van der Waals surface area contributed by atoms with Gasteiger partial charge in [-0.05, 0) is 19.4 Å². The number of pyridine rings is 1. The Kier molecular flexibility index (Phi) is 3.27. The molecular formula is C15H15N3S. The van der Waals surface area contributed by atoms with Crippen molar-refractivity contribution in [1.82, 2.24) is 15.3 Å². The second-order valence-electron chi connectivity index (χ2n) is 4.47. The molecule has 1 unspecified atom stereocenters. The normalized spacial score (nSPS) is 12.7. The summed E-state index contributed by atoms with van der Waals surface area (Å²) in [5, 5.41) is 5.79. The highest BCUT2D eigenvalue weighted by Gasteiger charge is 2.18. The Morgan fingerprint density at radius 2 is 2.05 bits per heavy atom. The van der Waals surface area contributed by atoms with E-state index in [1.165, 1.54) is 21.2 Å². The number of nitrogens with one attached hydrogen (secondary N) is 1. The molecule has 3 nitrogen and oxygen atoms in total. The Morgan fingerprint density at radius 3 is 2.79 bits per heavy atom. The van der Waals surface area contributed by atoms with Crippen molar-refractivity contribution in [2.24, 2.45) is 0 Å². The van der Waals surface area contributed by atoms with Gasteiger partial charge in [-0.3, -0.25) is 4.98 Å². The molecule has 1 atom stereocenters. The number of benzene rings is 1. The molecule has 0 saturated heterocycles. The van der Waals surface area contributed by atoms with Crippen LogP contribution in [0.2, 0.25) is 0 Å². The third-order valence-corrected chi connectivity index (χ3v) is 4.34. The lowest BCUT2D eigenvalue weighted by molar-refractivity contribution is 0.700. The summed E-state index contributed by atoms with van der Waals surface area (Å²) in [5.41, 5.74) is 4.18. The monoisotopic (exact) mass is 269 g/mol. The first-order valence-electron chi connectivity index (χ1n) is 6.21. The van der Waals surface area contributed by atoms with E-state index in [2.05, 4.69) is 40.4 Å². The Balaban J connectivity index is 2.20. The van der Waals surface area contributed by atoms with Gasteiger partial charge in [0.25, 0.3) is 0 Å². The van der Waals surface area contributed by atoms with E-state index in [1.54, 1.807) is 11.3 Å². The fourth-order valence-electron chi connectivity index (χ4n) is 2.39. The number of hydrogen-bond donors (Lipinski definition) is 1. The SMILES string of the molecule is CNC(c1scnc1C)c1cncc2ccccc12. The molecule has 0 aliphatic carbocycles. The standard InChI is InChI=1S/C15H15N3S/c1-10-15(19-9-18-10)14(16-2)13-8-17-7-11-5-3-4-6-12(11)13/h3-9,14,16H,1-2H3. The van der Waals surface area contributed by atoms with Crippen molar-refractivity contribution in [2.45, 2.75) is 13.0 Å². The summed E-state index contributed by atoms with van der Waals surface area (Å²) in [5.74, 6) is 0. The summed E-state index contributed by atoms with van der Waals surface area (Å²) in [6.07, 6.45) is 3.85. The zero-order valence-electron chi connectivity index (χ0n) is 10.9. The predicted octanol–water partition coefficient (Wildman–Crippen LogP) is 3.31. The summed E-state index contributed by atoms with van der Waals surface area (Å²) in [6.45, 7) is 2.05. The predicted molar refractivity (Wildman–Crippen MR) is 79.5 cm³/mol. The molecule has 19 heavy (non-hydrogen) atoms. The zero-order chi connectivity index (χ0) is 13.2. The summed E-state index contributed by atoms with van der Waals surface area (Å²) in [4.78, 5) is 9.97. The van der Waals surface area contributed by atoms with Crippen molar-refractivity contribution >= 4 is 22.1 Å². The minimum absolute atomic E-state index is 0.145. The van der Waals surface area contributed by atoms with Gasteiger partial charge in [0, 0.05) is 28.2 Å². The molecule has 0 amide bonds. The lowest BCUT2D eigenvalue weighted by Gasteiger charge is -2.17. The Hall–Kier alpha value is -1.78. The molecule has 0 radical (unpaired) electrons. The topological polar surface area (TPSA) is 37.8 Å². The van der Waals surface area contributed by atoms with Gasteiger partial charge >= 0.3 is 0 Å². The fourth-order valence-corrected chi connectivity index (χ4v) is 3.31. The quantitative estimate of drug-likeness (QED) is 0.792. The van der Waals surface area contributed by atoms with Gasteiger partial charge < -0.3 is 5.32 Å². The van der Waals surface area contributed by atoms with Crippen LogP contribution in [0.5, 0.6) is 0 Å². The maximum absolute atomic E-state index is 4.37. The molecule has 0 aliphatic rings. The number of thiazole rings is 1. The largest absolute Gasteiger partial charge is 0.309 e. The van der Waals surface area contributed by atoms with E-state index >= 15 is 0 Å². The van der Waals surface area contributed by atoms with Crippen LogP contribution >= 0.6 is 11.3 Å². The van der Waals surface area contributed by atoms with E-state index in [0.29, 0.717) is 0 Å². The Labute approximate surface area is 116 Å². The van der Waals surface area contributed by atoms with E-state index in [9.17, 15) is 0 Å². The molecule has 0 spiro atoms. The lowest BCUT2D eigenvalue weighted by Crippen LogP contribution is -2.18. The van der Waals surface area contributed by atoms with Crippen LogP contribution in [0.3, 0.4) is 0 Å². The van der Waals surface area contributed by atoms with E-state index in [-0.39, 0.29) is 6.04 Å². The molecule has 4 heteroatoms. The van der Waals surface area contributed by atoms with Crippen LogP contribution in [0.15, 0.2) is 42.2 Å². The minimum atomic E-state index is 0.145. The maximum Gasteiger partial charge on any atom is 0.0798 e. The Morgan fingerprint density at radius 1 is 1.21 bits per heavy atom. The Bertz CT molecular complexity index is 700. The van der Waals surface area contributed by atoms with Crippen LogP contribution in [0.1, 0.15) is 22.2 Å². The lowest BCUT2D eigenvalue weighted by atomic mass is 10.00. The van der Waals surface area contributed by atoms with Gasteiger partial charge in [-0.25, -0.2) is 4.98 Å². The van der Waals surface area contributed by atoms with Crippen LogP contribution in [0.4, 0.5) is 0 Å². The first-order chi connectivity index (χ1) is 9.31. The smallest absolute Gasteiger partial charge is 0.0798 e. The number of aryl methyl sites for hydroxylation is 1. The van der Waals surface area contributed by atoms with Crippen LogP contribution in [0, 0.1) is 6.92 Å². The molecule has 0 bridgehead atoms. The van der Waals surface area contributed by atoms with Crippen LogP contribution in [-0.4, -0.2) is 17.0 Å². The van der Waals surface area contributed by atoms with E-state index in [1.807, 2.05) is 31.0 Å². The first kappa shape index (κ1) is 12.3. The molecular weight excluding hydrogens is 254 g/mol. The average Bonchev–Trinajstić information content (AvgIpc) is 2.86. The van der Waals surface area contributed by atoms with Crippen molar-refractivity contribution in [2.75, 3.05) is 7.05 Å². The number of hydrogen-bond acceptors (Lipinski definition) is 4. The van der Waals surface area contributed by atoms with E-state index < -0.39 is 0 Å². The second-order valence-corrected chi connectivity index (χ2v) is 5.36. The molecule has 0 saturated carbocycles. The van der Waals surface area contributed by atoms with Gasteiger partial charge in [0.1, 0.15) is 0 Å². The minimum Gasteiger partial charge on any atom is -0.309 e. The average molecular weight is 269 g/mol. The molecule has 1 aromatic carbocycles. The molecule has 3 aromatic rings. The number of fused-ring (bicyclic) bond motifs is 1. The molecule has 1 N–H and O–H groups in total. The summed E-state index contributed by atoms with van der Waals surface area (Å²) < 4.78 is 0. The summed E-state index contributed by atoms with van der Waals surface area (Å²) in [6, 6.07) is 8.50. The van der Waals surface area contributed by atoms with Crippen molar-refractivity contribution < 1.29 is 0 Å². The van der Waals surface area contributed by atoms with Gasteiger partial charge in [0.15, 0.2) is 0 Å². The zero-order valence-corrected chi connectivity index (χ0v) is 11.7. The van der Waals surface area contributed by atoms with Crippen molar-refractivity contribution in [3.8, 4) is 0 Å². The number of nitrogens with zero attached hydrogens (tertiary/aromatic N) is 2. The molecule has 96 valence electrons. The summed E-state index contributed by atoms with van der Waals surface area (Å²) in [7, 11) is 1.98. The van der Waals surface area contributed by atoms with Crippen molar-refractivity contribution in [3.63, 3.8) is 0 Å².